The molecule has 2 aliphatic heterocycles. The normalized spacial score (nSPS) is 38.9. The number of hydrogen-bond acceptors (Lipinski definition) is 6. The van der Waals surface area contributed by atoms with Gasteiger partial charge in [0.1, 0.15) is 12.2 Å². The van der Waals surface area contributed by atoms with Crippen molar-refractivity contribution in [3.05, 3.63) is 35.4 Å². The Morgan fingerprint density at radius 1 is 1.38 bits per heavy atom. The number of rotatable bonds is 2. The third-order valence-electron chi connectivity index (χ3n) is 6.28. The summed E-state index contributed by atoms with van der Waals surface area (Å²) < 4.78 is 33.0. The van der Waals surface area contributed by atoms with Crippen molar-refractivity contribution < 1.29 is 34.2 Å². The van der Waals surface area contributed by atoms with Crippen molar-refractivity contribution >= 4 is 0 Å². The van der Waals surface area contributed by atoms with Crippen LogP contribution in [0.3, 0.4) is 0 Å². The molecule has 0 aromatic heterocycles. The van der Waals surface area contributed by atoms with E-state index in [-0.39, 0.29) is 17.1 Å². The van der Waals surface area contributed by atoms with E-state index in [1.54, 1.807) is 6.07 Å². The van der Waals surface area contributed by atoms with Gasteiger partial charge in [-0.1, -0.05) is 18.2 Å². The predicted octanol–water partition coefficient (Wildman–Crippen LogP) is -1.04. The summed E-state index contributed by atoms with van der Waals surface area (Å²) >= 11 is 0. The molecule has 5 rings (SSSR count). The maximum absolute atomic E-state index is 11.0. The van der Waals surface area contributed by atoms with Gasteiger partial charge in [0, 0.05) is 22.9 Å². The van der Waals surface area contributed by atoms with Gasteiger partial charge in [-0.05, 0) is 38.1 Å². The summed E-state index contributed by atoms with van der Waals surface area (Å²) in [5, 5.41) is 10.5. The molecule has 2 heterocycles. The van der Waals surface area contributed by atoms with Gasteiger partial charge in [-0.2, -0.15) is 0 Å². The lowest BCUT2D eigenvalue weighted by Crippen LogP contribution is -2.64. The Kier molecular flexibility index (Phi) is 3.04. The lowest BCUT2D eigenvalue weighted by Gasteiger charge is -2.56. The van der Waals surface area contributed by atoms with E-state index in [1.165, 1.54) is 5.56 Å². The summed E-state index contributed by atoms with van der Waals surface area (Å²) in [5.74, 6) is 0.942. The van der Waals surface area contributed by atoms with E-state index in [4.69, 9.17) is 9.03 Å². The summed E-state index contributed by atoms with van der Waals surface area (Å²) in [5.41, 5.74) is 1.91. The fourth-order valence-corrected chi connectivity index (χ4v) is 5.61. The first-order valence-corrected chi connectivity index (χ1v) is 9.08. The smallest absolute Gasteiger partial charge is 0.350 e. The van der Waals surface area contributed by atoms with Crippen LogP contribution in [-0.4, -0.2) is 41.8 Å². The summed E-state index contributed by atoms with van der Waals surface area (Å²) in [6, 6.07) is 3.96. The summed E-state index contributed by atoms with van der Waals surface area (Å²) in [7, 11) is -0.162. The molecular weight excluding hydrogens is 334 g/mol. The highest BCUT2D eigenvalue weighted by Gasteiger charge is 2.64. The van der Waals surface area contributed by atoms with Gasteiger partial charge in [0.05, 0.1) is 0 Å². The number of ether oxygens (including phenoxy) is 1. The van der Waals surface area contributed by atoms with Crippen molar-refractivity contribution in [1.82, 2.24) is 4.90 Å². The molecule has 1 spiro atoms. The van der Waals surface area contributed by atoms with Crippen LogP contribution in [0.15, 0.2) is 24.3 Å². The Morgan fingerprint density at radius 2 is 2.21 bits per heavy atom. The number of nitrogens with zero attached hydrogens (tertiary/aromatic N) is 1. The second kappa shape index (κ2) is 4.86. The maximum atomic E-state index is 11.0. The molecule has 7 heteroatoms. The van der Waals surface area contributed by atoms with Gasteiger partial charge in [-0.3, -0.25) is 0 Å². The monoisotopic (exact) mass is 351 g/mol. The Morgan fingerprint density at radius 3 is 3.00 bits per heavy atom. The standard InChI is InChI=1S/C17H18ClNO5/c1-19-7-6-17-10-3-4-12(20)16(17)23-15-13(24-18(21)22)5-2-9(14(15)17)8-11(10)19/h2-5,10-12,16,20H,6-8H2,1H3/t10-,11+,12-,16-,17-/m0/s1. The summed E-state index contributed by atoms with van der Waals surface area (Å²) in [6.45, 7) is 0.927. The van der Waals surface area contributed by atoms with Crippen molar-refractivity contribution in [2.75, 3.05) is 13.6 Å². The third kappa shape index (κ3) is 1.70. The van der Waals surface area contributed by atoms with E-state index in [2.05, 4.69) is 18.0 Å². The molecule has 1 aromatic rings. The third-order valence-corrected chi connectivity index (χ3v) is 6.57. The van der Waals surface area contributed by atoms with Crippen LogP contribution in [0.2, 0.25) is 0 Å². The fraction of sp³-hybridized carbons (Fsp3) is 0.529. The van der Waals surface area contributed by atoms with Crippen molar-refractivity contribution in [3.8, 4) is 11.5 Å². The lowest BCUT2D eigenvalue weighted by atomic mass is 9.53. The quantitative estimate of drug-likeness (QED) is 0.685. The lowest BCUT2D eigenvalue weighted by molar-refractivity contribution is -1.62. The molecule has 1 saturated heterocycles. The molecule has 1 aromatic carbocycles. The van der Waals surface area contributed by atoms with Crippen LogP contribution < -0.4 is 18.3 Å². The topological polar surface area (TPSA) is 88.1 Å². The van der Waals surface area contributed by atoms with Gasteiger partial charge in [0.15, 0.2) is 5.75 Å². The van der Waals surface area contributed by atoms with Gasteiger partial charge in [-0.15, -0.1) is 4.29 Å². The van der Waals surface area contributed by atoms with Crippen LogP contribution >= 0.6 is 0 Å². The molecule has 0 amide bonds. The highest BCUT2D eigenvalue weighted by atomic mass is 35.6. The van der Waals surface area contributed by atoms with Crippen LogP contribution in [0.4, 0.5) is 0 Å². The van der Waals surface area contributed by atoms with Crippen molar-refractivity contribution in [1.29, 1.82) is 0 Å². The number of likely N-dealkylation sites (tertiary alicyclic amines) is 1. The molecule has 0 unspecified atom stereocenters. The Labute approximate surface area is 142 Å². The van der Waals surface area contributed by atoms with Gasteiger partial charge in [-0.25, -0.2) is 0 Å². The van der Waals surface area contributed by atoms with Crippen LogP contribution in [0.5, 0.6) is 11.5 Å². The average Bonchev–Trinajstić information content (AvgIpc) is 2.89. The number of aliphatic hydroxyl groups excluding tert-OH is 1. The molecule has 24 heavy (non-hydrogen) atoms. The Balaban J connectivity index is 1.75. The highest BCUT2D eigenvalue weighted by molar-refractivity contribution is 5.62. The molecule has 2 aliphatic carbocycles. The van der Waals surface area contributed by atoms with Crippen LogP contribution in [0, 0.1) is 16.7 Å². The molecule has 2 bridgehead atoms. The predicted molar refractivity (Wildman–Crippen MR) is 76.5 cm³/mol. The largest absolute Gasteiger partial charge is 0.482 e. The molecule has 4 aliphatic rings. The van der Waals surface area contributed by atoms with Crippen LogP contribution in [-0.2, 0) is 11.8 Å². The first kappa shape index (κ1) is 15.0. The van der Waals surface area contributed by atoms with Crippen molar-refractivity contribution in [2.24, 2.45) is 5.92 Å². The number of piperidine rings is 1. The maximum Gasteiger partial charge on any atom is 0.350 e. The SMILES string of the molecule is CN1CC[C@]23c4c5ccc(O[Cl+2]([O-])[O-])c4O[C@H]2[C@@H](O)C=C[C@H]3[C@H]1C5. The van der Waals surface area contributed by atoms with Crippen molar-refractivity contribution in [3.63, 3.8) is 0 Å². The first-order valence-electron chi connectivity index (χ1n) is 8.16. The van der Waals surface area contributed by atoms with E-state index in [0.717, 1.165) is 24.9 Å². The minimum atomic E-state index is -2.31. The number of likely N-dealkylation sites (N-methyl/N-ethyl adjacent to an activating group) is 1. The van der Waals surface area contributed by atoms with E-state index in [1.807, 2.05) is 12.1 Å². The van der Waals surface area contributed by atoms with Crippen LogP contribution in [0.1, 0.15) is 17.5 Å². The van der Waals surface area contributed by atoms with Gasteiger partial charge >= 0.3 is 10.8 Å². The van der Waals surface area contributed by atoms with E-state index < -0.39 is 23.0 Å². The van der Waals surface area contributed by atoms with Gasteiger partial charge < -0.3 is 24.1 Å². The van der Waals surface area contributed by atoms with E-state index >= 15 is 0 Å². The second-order valence-electron chi connectivity index (χ2n) is 7.18. The second-order valence-corrected chi connectivity index (χ2v) is 7.71. The van der Waals surface area contributed by atoms with E-state index in [0.29, 0.717) is 11.8 Å². The van der Waals surface area contributed by atoms with Crippen molar-refractivity contribution in [2.45, 2.75) is 36.5 Å². The average molecular weight is 352 g/mol. The molecular formula is C17H18ClNO5. The first-order chi connectivity index (χ1) is 11.5. The zero-order chi connectivity index (χ0) is 16.6. The zero-order valence-electron chi connectivity index (χ0n) is 13.1. The Hall–Kier alpha value is -1.31. The highest BCUT2D eigenvalue weighted by Crippen LogP contribution is 2.62. The van der Waals surface area contributed by atoms with Gasteiger partial charge in [0.2, 0.25) is 0 Å². The van der Waals surface area contributed by atoms with Crippen LogP contribution in [0.25, 0.3) is 0 Å². The minimum absolute atomic E-state index is 0.200. The van der Waals surface area contributed by atoms with E-state index in [9.17, 15) is 14.4 Å². The number of halogens is 1. The number of benzene rings is 1. The zero-order valence-corrected chi connectivity index (χ0v) is 13.9. The summed E-state index contributed by atoms with van der Waals surface area (Å²) in [6.07, 6.45) is 4.61. The molecule has 128 valence electrons. The fourth-order valence-electron chi connectivity index (χ4n) is 5.36. The summed E-state index contributed by atoms with van der Waals surface area (Å²) in [4.78, 5) is 2.38. The molecule has 6 nitrogen and oxygen atoms in total. The number of hydrogen-bond donors (Lipinski definition) is 1. The Bertz CT molecular complexity index is 738. The molecule has 0 radical (unpaired) electrons. The molecule has 1 N–H and O–H groups in total. The molecule has 5 atom stereocenters. The number of aliphatic hydroxyl groups is 1. The molecule has 1 fully saturated rings. The minimum Gasteiger partial charge on any atom is -0.482 e. The molecule has 0 saturated carbocycles. The van der Waals surface area contributed by atoms with Gasteiger partial charge in [0.25, 0.3) is 5.75 Å².